The van der Waals surface area contributed by atoms with Gasteiger partial charge in [0.25, 0.3) is 0 Å². The van der Waals surface area contributed by atoms with Crippen molar-refractivity contribution in [2.24, 2.45) is 5.41 Å². The first-order valence-corrected chi connectivity index (χ1v) is 9.35. The molecule has 6 heteroatoms. The van der Waals surface area contributed by atoms with Gasteiger partial charge in [0.05, 0.1) is 14.2 Å². The molecular weight excluding hydrogens is 356 g/mol. The van der Waals surface area contributed by atoms with Crippen LogP contribution in [0, 0.1) is 5.41 Å². The molecule has 28 heavy (non-hydrogen) atoms. The third kappa shape index (κ3) is 3.81. The van der Waals surface area contributed by atoms with E-state index >= 15 is 0 Å². The summed E-state index contributed by atoms with van der Waals surface area (Å²) in [5, 5.41) is 5.80. The van der Waals surface area contributed by atoms with Crippen molar-refractivity contribution in [3.8, 4) is 11.5 Å². The Labute approximate surface area is 165 Å². The van der Waals surface area contributed by atoms with E-state index in [0.717, 1.165) is 11.3 Å². The lowest BCUT2D eigenvalue weighted by Gasteiger charge is -2.19. The van der Waals surface area contributed by atoms with Crippen LogP contribution in [0.3, 0.4) is 0 Å². The van der Waals surface area contributed by atoms with Gasteiger partial charge in [-0.25, -0.2) is 0 Å². The number of para-hydroxylation sites is 1. The quantitative estimate of drug-likeness (QED) is 0.704. The first-order valence-electron chi connectivity index (χ1n) is 9.35. The predicted octanol–water partition coefficient (Wildman–Crippen LogP) is 4.18. The molecule has 1 aliphatic carbocycles. The van der Waals surface area contributed by atoms with Gasteiger partial charge in [0.15, 0.2) is 11.5 Å². The van der Waals surface area contributed by atoms with Crippen LogP contribution in [0.4, 0.5) is 11.4 Å². The molecule has 2 N–H and O–H groups in total. The Hall–Kier alpha value is -3.02. The number of rotatable bonds is 7. The molecular formula is C22H26N2O4. The van der Waals surface area contributed by atoms with Crippen LogP contribution in [0.1, 0.15) is 38.2 Å². The van der Waals surface area contributed by atoms with Gasteiger partial charge in [0, 0.05) is 17.4 Å². The van der Waals surface area contributed by atoms with E-state index in [2.05, 4.69) is 24.5 Å². The Morgan fingerprint density at radius 2 is 1.57 bits per heavy atom. The summed E-state index contributed by atoms with van der Waals surface area (Å²) in [5.74, 6) is 0.787. The molecule has 0 bridgehead atoms. The monoisotopic (exact) mass is 382 g/mol. The Bertz CT molecular complexity index is 888. The highest BCUT2D eigenvalue weighted by Crippen LogP contribution is 2.48. The fourth-order valence-electron chi connectivity index (χ4n) is 3.20. The predicted molar refractivity (Wildman–Crippen MR) is 109 cm³/mol. The molecule has 2 aromatic rings. The van der Waals surface area contributed by atoms with Gasteiger partial charge in [-0.3, -0.25) is 9.59 Å². The Balaban J connectivity index is 1.75. The Morgan fingerprint density at radius 1 is 0.929 bits per heavy atom. The molecule has 0 atom stereocenters. The minimum Gasteiger partial charge on any atom is -0.493 e. The van der Waals surface area contributed by atoms with Crippen LogP contribution in [0.15, 0.2) is 42.5 Å². The van der Waals surface area contributed by atoms with Gasteiger partial charge in [-0.05, 0) is 42.5 Å². The summed E-state index contributed by atoms with van der Waals surface area (Å²) in [6, 6.07) is 12.8. The van der Waals surface area contributed by atoms with Gasteiger partial charge in [0.1, 0.15) is 5.41 Å². The zero-order chi connectivity index (χ0) is 20.3. The second kappa shape index (κ2) is 7.92. The summed E-state index contributed by atoms with van der Waals surface area (Å²) in [6.07, 6.45) is 1.06. The van der Waals surface area contributed by atoms with E-state index < -0.39 is 5.41 Å². The fraction of sp³-hybridized carbons (Fsp3) is 0.364. The highest BCUT2D eigenvalue weighted by Gasteiger charge is 2.56. The van der Waals surface area contributed by atoms with Gasteiger partial charge >= 0.3 is 0 Å². The summed E-state index contributed by atoms with van der Waals surface area (Å²) < 4.78 is 10.5. The maximum absolute atomic E-state index is 12.9. The molecule has 1 aliphatic rings. The number of ether oxygens (including phenoxy) is 2. The molecule has 2 aromatic carbocycles. The standard InChI is InChI=1S/C22H26N2O4/c1-14(2)16-7-5-6-8-17(16)24-21(26)22(11-12-22)20(25)23-15-9-10-18(27-3)19(13-15)28-4/h5-10,13-14H,11-12H2,1-4H3,(H,23,25)(H,24,26). The number of benzene rings is 2. The summed E-state index contributed by atoms with van der Waals surface area (Å²) in [7, 11) is 3.08. The highest BCUT2D eigenvalue weighted by atomic mass is 16.5. The van der Waals surface area contributed by atoms with Crippen LogP contribution in [-0.4, -0.2) is 26.0 Å². The Morgan fingerprint density at radius 3 is 2.18 bits per heavy atom. The van der Waals surface area contributed by atoms with Crippen LogP contribution >= 0.6 is 0 Å². The zero-order valence-electron chi connectivity index (χ0n) is 16.7. The number of hydrogen-bond acceptors (Lipinski definition) is 4. The van der Waals surface area contributed by atoms with Crippen molar-refractivity contribution in [1.29, 1.82) is 0 Å². The van der Waals surface area contributed by atoms with Gasteiger partial charge in [-0.2, -0.15) is 0 Å². The van der Waals surface area contributed by atoms with Gasteiger partial charge in [-0.15, -0.1) is 0 Å². The largest absolute Gasteiger partial charge is 0.493 e. The second-order valence-electron chi connectivity index (χ2n) is 7.30. The molecule has 0 aromatic heterocycles. The topological polar surface area (TPSA) is 76.7 Å². The molecule has 6 nitrogen and oxygen atoms in total. The summed E-state index contributed by atoms with van der Waals surface area (Å²) in [6.45, 7) is 4.14. The summed E-state index contributed by atoms with van der Waals surface area (Å²) in [5.41, 5.74) is 1.33. The first kappa shape index (κ1) is 19.7. The van der Waals surface area contributed by atoms with Crippen molar-refractivity contribution >= 4 is 23.2 Å². The number of anilines is 2. The van der Waals surface area contributed by atoms with Crippen LogP contribution < -0.4 is 20.1 Å². The molecule has 148 valence electrons. The second-order valence-corrected chi connectivity index (χ2v) is 7.30. The number of nitrogens with one attached hydrogen (secondary N) is 2. The summed E-state index contributed by atoms with van der Waals surface area (Å²) in [4.78, 5) is 25.8. The van der Waals surface area contributed by atoms with E-state index in [-0.39, 0.29) is 17.7 Å². The van der Waals surface area contributed by atoms with Crippen molar-refractivity contribution in [1.82, 2.24) is 0 Å². The lowest BCUT2D eigenvalue weighted by molar-refractivity contribution is -0.131. The zero-order valence-corrected chi connectivity index (χ0v) is 16.7. The third-order valence-corrected chi connectivity index (χ3v) is 5.09. The van der Waals surface area contributed by atoms with Crippen molar-refractivity contribution < 1.29 is 19.1 Å². The maximum atomic E-state index is 12.9. The van der Waals surface area contributed by atoms with Crippen molar-refractivity contribution in [2.45, 2.75) is 32.6 Å². The van der Waals surface area contributed by atoms with E-state index in [1.807, 2.05) is 24.3 Å². The summed E-state index contributed by atoms with van der Waals surface area (Å²) >= 11 is 0. The minimum absolute atomic E-state index is 0.265. The Kier molecular flexibility index (Phi) is 5.58. The average molecular weight is 382 g/mol. The number of methoxy groups -OCH3 is 2. The lowest BCUT2D eigenvalue weighted by atomic mass is 9.99. The molecule has 1 saturated carbocycles. The molecule has 1 fully saturated rings. The van der Waals surface area contributed by atoms with Crippen molar-refractivity contribution in [2.75, 3.05) is 24.9 Å². The number of hydrogen-bond donors (Lipinski definition) is 2. The molecule has 3 rings (SSSR count). The van der Waals surface area contributed by atoms with Crippen LogP contribution in [0.5, 0.6) is 11.5 Å². The van der Waals surface area contributed by atoms with Crippen molar-refractivity contribution in [3.05, 3.63) is 48.0 Å². The average Bonchev–Trinajstić information content (AvgIpc) is 3.50. The van der Waals surface area contributed by atoms with E-state index in [1.165, 1.54) is 7.11 Å². The molecule has 0 saturated heterocycles. The third-order valence-electron chi connectivity index (χ3n) is 5.09. The number of carbonyl (C=O) groups excluding carboxylic acids is 2. The van der Waals surface area contributed by atoms with Crippen molar-refractivity contribution in [3.63, 3.8) is 0 Å². The van der Waals surface area contributed by atoms with E-state index in [1.54, 1.807) is 25.3 Å². The van der Waals surface area contributed by atoms with E-state index in [4.69, 9.17) is 9.47 Å². The minimum atomic E-state index is -1.03. The fourth-order valence-corrected chi connectivity index (χ4v) is 3.20. The van der Waals surface area contributed by atoms with Crippen LogP contribution in [-0.2, 0) is 9.59 Å². The van der Waals surface area contributed by atoms with Gasteiger partial charge in [-0.1, -0.05) is 32.0 Å². The van der Waals surface area contributed by atoms with Crippen LogP contribution in [0.2, 0.25) is 0 Å². The molecule has 0 radical (unpaired) electrons. The molecule has 0 spiro atoms. The molecule has 0 aliphatic heterocycles. The smallest absolute Gasteiger partial charge is 0.240 e. The van der Waals surface area contributed by atoms with Gasteiger partial charge < -0.3 is 20.1 Å². The molecule has 0 heterocycles. The van der Waals surface area contributed by atoms with Gasteiger partial charge in [0.2, 0.25) is 11.8 Å². The number of amides is 2. The number of carbonyl (C=O) groups is 2. The maximum Gasteiger partial charge on any atom is 0.240 e. The highest BCUT2D eigenvalue weighted by molar-refractivity contribution is 6.17. The first-order chi connectivity index (χ1) is 13.4. The molecule has 2 amide bonds. The molecule has 0 unspecified atom stereocenters. The SMILES string of the molecule is COc1ccc(NC(=O)C2(C(=O)Nc3ccccc3C(C)C)CC2)cc1OC. The normalized spacial score (nSPS) is 14.3. The van der Waals surface area contributed by atoms with E-state index in [0.29, 0.717) is 30.0 Å². The van der Waals surface area contributed by atoms with Crippen LogP contribution in [0.25, 0.3) is 0 Å². The van der Waals surface area contributed by atoms with E-state index in [9.17, 15) is 9.59 Å². The lowest BCUT2D eigenvalue weighted by Crippen LogP contribution is -2.35.